The van der Waals surface area contributed by atoms with Crippen LogP contribution in [0.15, 0.2) is 10.8 Å². The van der Waals surface area contributed by atoms with Crippen LogP contribution in [0.2, 0.25) is 0 Å². The smallest absolute Gasteiger partial charge is 0.146 e. The summed E-state index contributed by atoms with van der Waals surface area (Å²) in [5.74, 6) is 1.64. The van der Waals surface area contributed by atoms with Gasteiger partial charge in [0.2, 0.25) is 0 Å². The molecule has 2 rings (SSSR count). The Labute approximate surface area is 103 Å². The van der Waals surface area contributed by atoms with Gasteiger partial charge in [-0.1, -0.05) is 0 Å². The van der Waals surface area contributed by atoms with Crippen LogP contribution in [0.1, 0.15) is 12.8 Å². The summed E-state index contributed by atoms with van der Waals surface area (Å²) in [5.41, 5.74) is 0. The first-order valence-corrected chi connectivity index (χ1v) is 6.13. The minimum absolute atomic E-state index is 0.435. The molecule has 0 radical (unpaired) electrons. The molecule has 0 spiro atoms. The molecular formula is C10H15BrN4O. The van der Waals surface area contributed by atoms with Gasteiger partial charge in [0.25, 0.3) is 0 Å². The molecule has 1 aromatic rings. The molecule has 0 aliphatic carbocycles. The highest BCUT2D eigenvalue weighted by atomic mass is 79.9. The van der Waals surface area contributed by atoms with Gasteiger partial charge in [0.05, 0.1) is 0 Å². The number of halogens is 1. The van der Waals surface area contributed by atoms with Crippen molar-refractivity contribution in [1.82, 2.24) is 9.97 Å². The summed E-state index contributed by atoms with van der Waals surface area (Å²) in [4.78, 5) is 8.35. The van der Waals surface area contributed by atoms with Crippen molar-refractivity contribution in [2.45, 2.75) is 18.9 Å². The summed E-state index contributed by atoms with van der Waals surface area (Å²) in [6.07, 6.45) is 3.59. The van der Waals surface area contributed by atoms with Crippen LogP contribution in [-0.4, -0.2) is 36.3 Å². The number of hydrogen-bond donors (Lipinski definition) is 2. The average Bonchev–Trinajstić information content (AvgIpc) is 2.33. The number of nitrogens with one attached hydrogen (secondary N) is 2. The standard InChI is InChI=1S/C10H15BrN4O/c1-12-9-8(11)10(14-6-13-9)15-7-2-4-16-5-3-7/h6-7H,2-5H2,1H3,(H2,12,13,14,15). The third kappa shape index (κ3) is 2.62. The van der Waals surface area contributed by atoms with E-state index in [0.717, 1.165) is 42.2 Å². The Hall–Kier alpha value is -0.880. The zero-order valence-electron chi connectivity index (χ0n) is 9.16. The molecule has 0 unspecified atom stereocenters. The van der Waals surface area contributed by atoms with Gasteiger partial charge in [0.15, 0.2) is 0 Å². The van der Waals surface area contributed by atoms with Gasteiger partial charge in [0, 0.05) is 26.3 Å². The van der Waals surface area contributed by atoms with Gasteiger partial charge in [-0.2, -0.15) is 0 Å². The van der Waals surface area contributed by atoms with E-state index >= 15 is 0 Å². The molecular weight excluding hydrogens is 272 g/mol. The van der Waals surface area contributed by atoms with Crippen LogP contribution in [0.25, 0.3) is 0 Å². The predicted molar refractivity (Wildman–Crippen MR) is 66.7 cm³/mol. The molecule has 6 heteroatoms. The molecule has 0 bridgehead atoms. The molecule has 2 N–H and O–H groups in total. The minimum atomic E-state index is 0.435. The molecule has 0 aromatic carbocycles. The lowest BCUT2D eigenvalue weighted by Crippen LogP contribution is -2.28. The van der Waals surface area contributed by atoms with Crippen molar-refractivity contribution in [3.8, 4) is 0 Å². The van der Waals surface area contributed by atoms with Gasteiger partial charge in [0.1, 0.15) is 22.4 Å². The number of ether oxygens (including phenoxy) is 1. The first-order chi connectivity index (χ1) is 7.81. The summed E-state index contributed by atoms with van der Waals surface area (Å²) in [7, 11) is 1.84. The van der Waals surface area contributed by atoms with Gasteiger partial charge in [-0.15, -0.1) is 0 Å². The van der Waals surface area contributed by atoms with E-state index in [-0.39, 0.29) is 0 Å². The van der Waals surface area contributed by atoms with Crippen LogP contribution < -0.4 is 10.6 Å². The van der Waals surface area contributed by atoms with E-state index in [2.05, 4.69) is 36.5 Å². The Morgan fingerprint density at radius 3 is 2.69 bits per heavy atom. The molecule has 1 saturated heterocycles. The van der Waals surface area contributed by atoms with Crippen molar-refractivity contribution in [2.24, 2.45) is 0 Å². The summed E-state index contributed by atoms with van der Waals surface area (Å²) in [6.45, 7) is 1.64. The number of anilines is 2. The van der Waals surface area contributed by atoms with E-state index in [9.17, 15) is 0 Å². The van der Waals surface area contributed by atoms with Gasteiger partial charge >= 0.3 is 0 Å². The van der Waals surface area contributed by atoms with Crippen LogP contribution in [0.3, 0.4) is 0 Å². The summed E-state index contributed by atoms with van der Waals surface area (Å²) >= 11 is 3.49. The minimum Gasteiger partial charge on any atom is -0.381 e. The fourth-order valence-electron chi connectivity index (χ4n) is 1.68. The van der Waals surface area contributed by atoms with Crippen molar-refractivity contribution in [3.05, 3.63) is 10.8 Å². The Kier molecular flexibility index (Phi) is 3.95. The van der Waals surface area contributed by atoms with Crippen molar-refractivity contribution >= 4 is 27.6 Å². The highest BCUT2D eigenvalue weighted by Gasteiger charge is 2.16. The first-order valence-electron chi connectivity index (χ1n) is 5.34. The summed E-state index contributed by atoms with van der Waals surface area (Å²) in [6, 6.07) is 0.435. The van der Waals surface area contributed by atoms with Gasteiger partial charge < -0.3 is 15.4 Å². The second-order valence-corrected chi connectivity index (χ2v) is 4.46. The maximum absolute atomic E-state index is 5.32. The van der Waals surface area contributed by atoms with E-state index in [1.54, 1.807) is 6.33 Å². The first kappa shape index (κ1) is 11.6. The zero-order valence-corrected chi connectivity index (χ0v) is 10.7. The fraction of sp³-hybridized carbons (Fsp3) is 0.600. The largest absolute Gasteiger partial charge is 0.381 e. The molecule has 1 aromatic heterocycles. The second-order valence-electron chi connectivity index (χ2n) is 3.67. The van der Waals surface area contributed by atoms with E-state index in [1.165, 1.54) is 0 Å². The van der Waals surface area contributed by atoms with Crippen LogP contribution in [0.5, 0.6) is 0 Å². The summed E-state index contributed by atoms with van der Waals surface area (Å²) in [5, 5.41) is 6.42. The number of aromatic nitrogens is 2. The van der Waals surface area contributed by atoms with Gasteiger partial charge in [-0.3, -0.25) is 0 Å². The van der Waals surface area contributed by atoms with Crippen LogP contribution >= 0.6 is 15.9 Å². The predicted octanol–water partition coefficient (Wildman–Crippen LogP) is 1.87. The van der Waals surface area contributed by atoms with Crippen LogP contribution in [0, 0.1) is 0 Å². The fourth-order valence-corrected chi connectivity index (χ4v) is 2.20. The molecule has 16 heavy (non-hydrogen) atoms. The van der Waals surface area contributed by atoms with Crippen molar-refractivity contribution in [3.63, 3.8) is 0 Å². The average molecular weight is 287 g/mol. The number of nitrogens with zero attached hydrogens (tertiary/aromatic N) is 2. The SMILES string of the molecule is CNc1ncnc(NC2CCOCC2)c1Br. The lowest BCUT2D eigenvalue weighted by molar-refractivity contribution is 0.0904. The molecule has 88 valence electrons. The van der Waals surface area contributed by atoms with Crippen molar-refractivity contribution in [1.29, 1.82) is 0 Å². The monoisotopic (exact) mass is 286 g/mol. The van der Waals surface area contributed by atoms with E-state index in [1.807, 2.05) is 7.05 Å². The lowest BCUT2D eigenvalue weighted by atomic mass is 10.1. The van der Waals surface area contributed by atoms with Crippen molar-refractivity contribution < 1.29 is 4.74 Å². The Balaban J connectivity index is 2.08. The number of rotatable bonds is 3. The topological polar surface area (TPSA) is 59.1 Å². The maximum atomic E-state index is 5.32. The van der Waals surface area contributed by atoms with E-state index in [4.69, 9.17) is 4.74 Å². The highest BCUT2D eigenvalue weighted by molar-refractivity contribution is 9.10. The second kappa shape index (κ2) is 5.45. The van der Waals surface area contributed by atoms with E-state index < -0.39 is 0 Å². The molecule has 1 fully saturated rings. The van der Waals surface area contributed by atoms with Gasteiger partial charge in [-0.25, -0.2) is 9.97 Å². The maximum Gasteiger partial charge on any atom is 0.146 e. The van der Waals surface area contributed by atoms with Crippen molar-refractivity contribution in [2.75, 3.05) is 30.9 Å². The Morgan fingerprint density at radius 1 is 1.31 bits per heavy atom. The third-order valence-electron chi connectivity index (χ3n) is 2.59. The molecule has 2 heterocycles. The molecule has 0 amide bonds. The van der Waals surface area contributed by atoms with Crippen LogP contribution in [0.4, 0.5) is 11.6 Å². The van der Waals surface area contributed by atoms with E-state index in [0.29, 0.717) is 6.04 Å². The molecule has 0 saturated carbocycles. The number of hydrogen-bond acceptors (Lipinski definition) is 5. The quantitative estimate of drug-likeness (QED) is 0.888. The molecule has 1 aliphatic rings. The van der Waals surface area contributed by atoms with Gasteiger partial charge in [-0.05, 0) is 28.8 Å². The normalized spacial score (nSPS) is 17.1. The molecule has 5 nitrogen and oxygen atoms in total. The van der Waals surface area contributed by atoms with Crippen LogP contribution in [-0.2, 0) is 4.74 Å². The molecule has 0 atom stereocenters. The zero-order chi connectivity index (χ0) is 11.4. The summed E-state index contributed by atoms with van der Waals surface area (Å²) < 4.78 is 6.19. The molecule has 1 aliphatic heterocycles. The lowest BCUT2D eigenvalue weighted by Gasteiger charge is -2.24. The Morgan fingerprint density at radius 2 is 2.00 bits per heavy atom. The highest BCUT2D eigenvalue weighted by Crippen LogP contribution is 2.27. The third-order valence-corrected chi connectivity index (χ3v) is 3.34. The Bertz CT molecular complexity index is 355.